The van der Waals surface area contributed by atoms with Gasteiger partial charge in [-0.25, -0.2) is 4.98 Å². The summed E-state index contributed by atoms with van der Waals surface area (Å²) in [5, 5.41) is 0. The standard InChI is InChI=1S/C10H15N2/c1-3-9(4-1)5-2-6-10-11-7-8-12-10/h7,9H,1-6H2,(H,11,12). The van der Waals surface area contributed by atoms with Crippen molar-refractivity contribution in [2.45, 2.75) is 38.5 Å². The lowest BCUT2D eigenvalue weighted by Crippen LogP contribution is -2.10. The maximum Gasteiger partial charge on any atom is 0.108 e. The lowest BCUT2D eigenvalue weighted by Gasteiger charge is -2.24. The normalized spacial score (nSPS) is 17.7. The highest BCUT2D eigenvalue weighted by molar-refractivity contribution is 4.85. The van der Waals surface area contributed by atoms with Crippen molar-refractivity contribution >= 4 is 0 Å². The Morgan fingerprint density at radius 3 is 3.08 bits per heavy atom. The molecular weight excluding hydrogens is 148 g/mol. The van der Waals surface area contributed by atoms with E-state index in [-0.39, 0.29) is 0 Å². The Kier molecular flexibility index (Phi) is 2.45. The highest BCUT2D eigenvalue weighted by atomic mass is 14.9. The summed E-state index contributed by atoms with van der Waals surface area (Å²) in [4.78, 5) is 7.16. The quantitative estimate of drug-likeness (QED) is 0.725. The molecule has 0 aliphatic heterocycles. The van der Waals surface area contributed by atoms with E-state index in [0.717, 1.165) is 18.2 Å². The van der Waals surface area contributed by atoms with E-state index in [1.807, 2.05) is 0 Å². The summed E-state index contributed by atoms with van der Waals surface area (Å²) in [6, 6.07) is 0. The third-order valence-corrected chi connectivity index (χ3v) is 2.75. The molecule has 0 amide bonds. The second kappa shape index (κ2) is 3.74. The Labute approximate surface area is 73.4 Å². The highest BCUT2D eigenvalue weighted by Crippen LogP contribution is 2.30. The van der Waals surface area contributed by atoms with E-state index < -0.39 is 0 Å². The number of rotatable bonds is 4. The van der Waals surface area contributed by atoms with Gasteiger partial charge in [-0.05, 0) is 12.3 Å². The van der Waals surface area contributed by atoms with Crippen LogP contribution in [-0.2, 0) is 6.42 Å². The van der Waals surface area contributed by atoms with E-state index in [1.54, 1.807) is 6.20 Å². The van der Waals surface area contributed by atoms with Gasteiger partial charge < -0.3 is 4.98 Å². The van der Waals surface area contributed by atoms with Crippen molar-refractivity contribution in [3.63, 3.8) is 0 Å². The van der Waals surface area contributed by atoms with Crippen LogP contribution in [0.5, 0.6) is 0 Å². The van der Waals surface area contributed by atoms with Gasteiger partial charge in [-0.1, -0.05) is 25.7 Å². The Morgan fingerprint density at radius 1 is 1.58 bits per heavy atom. The van der Waals surface area contributed by atoms with Gasteiger partial charge in [-0.15, -0.1) is 0 Å². The summed E-state index contributed by atoms with van der Waals surface area (Å²) in [5.74, 6) is 2.12. The first kappa shape index (κ1) is 7.84. The summed E-state index contributed by atoms with van der Waals surface area (Å²) >= 11 is 0. The number of imidazole rings is 1. The number of aromatic nitrogens is 2. The monoisotopic (exact) mass is 163 g/mol. The Balaban J connectivity index is 1.62. The second-order valence-corrected chi connectivity index (χ2v) is 3.67. The topological polar surface area (TPSA) is 28.7 Å². The molecule has 1 aliphatic carbocycles. The molecule has 0 aromatic carbocycles. The van der Waals surface area contributed by atoms with E-state index in [9.17, 15) is 0 Å². The number of nitrogens with one attached hydrogen (secondary N) is 1. The van der Waals surface area contributed by atoms with Crippen LogP contribution in [0.15, 0.2) is 6.20 Å². The third-order valence-electron chi connectivity index (χ3n) is 2.75. The third kappa shape index (κ3) is 1.87. The summed E-state index contributed by atoms with van der Waals surface area (Å²) in [5.41, 5.74) is 0. The molecule has 0 unspecified atom stereocenters. The summed E-state index contributed by atoms with van der Waals surface area (Å²) in [6.45, 7) is 0. The van der Waals surface area contributed by atoms with Crippen LogP contribution in [0.4, 0.5) is 0 Å². The molecule has 1 aromatic rings. The fraction of sp³-hybridized carbons (Fsp3) is 0.700. The van der Waals surface area contributed by atoms with Crippen molar-refractivity contribution in [3.05, 3.63) is 18.2 Å². The highest BCUT2D eigenvalue weighted by Gasteiger charge is 2.16. The van der Waals surface area contributed by atoms with Crippen LogP contribution < -0.4 is 0 Å². The van der Waals surface area contributed by atoms with E-state index in [0.29, 0.717) is 0 Å². The van der Waals surface area contributed by atoms with Gasteiger partial charge in [0.1, 0.15) is 12.0 Å². The van der Waals surface area contributed by atoms with Gasteiger partial charge in [0.15, 0.2) is 0 Å². The van der Waals surface area contributed by atoms with Crippen LogP contribution in [0, 0.1) is 12.1 Å². The van der Waals surface area contributed by atoms with Crippen molar-refractivity contribution in [1.29, 1.82) is 0 Å². The Bertz CT molecular complexity index is 212. The fourth-order valence-corrected chi connectivity index (χ4v) is 1.73. The Morgan fingerprint density at radius 2 is 2.50 bits per heavy atom. The zero-order chi connectivity index (χ0) is 8.23. The van der Waals surface area contributed by atoms with Gasteiger partial charge >= 0.3 is 0 Å². The lowest BCUT2D eigenvalue weighted by molar-refractivity contribution is 0.289. The van der Waals surface area contributed by atoms with Crippen molar-refractivity contribution in [3.8, 4) is 0 Å². The van der Waals surface area contributed by atoms with Gasteiger partial charge in [-0.3, -0.25) is 0 Å². The minimum atomic E-state index is 1.03. The lowest BCUT2D eigenvalue weighted by atomic mass is 9.82. The van der Waals surface area contributed by atoms with E-state index in [1.165, 1.54) is 32.1 Å². The van der Waals surface area contributed by atoms with Crippen molar-refractivity contribution in [2.75, 3.05) is 0 Å². The van der Waals surface area contributed by atoms with Gasteiger partial charge in [0.25, 0.3) is 0 Å². The minimum Gasteiger partial charge on any atom is -0.348 e. The van der Waals surface area contributed by atoms with E-state index in [4.69, 9.17) is 0 Å². The molecule has 1 saturated carbocycles. The average molecular weight is 163 g/mol. The number of aryl methyl sites for hydroxylation is 1. The largest absolute Gasteiger partial charge is 0.348 e. The predicted molar refractivity (Wildman–Crippen MR) is 47.7 cm³/mol. The molecule has 1 fully saturated rings. The molecule has 0 saturated heterocycles. The number of H-pyrrole nitrogens is 1. The van der Waals surface area contributed by atoms with Crippen LogP contribution in [-0.4, -0.2) is 9.97 Å². The fourth-order valence-electron chi connectivity index (χ4n) is 1.73. The Hall–Kier alpha value is -0.790. The predicted octanol–water partition coefficient (Wildman–Crippen LogP) is 2.33. The van der Waals surface area contributed by atoms with Gasteiger partial charge in [-0.2, -0.15) is 0 Å². The average Bonchev–Trinajstić information content (AvgIpc) is 2.46. The molecule has 2 heteroatoms. The molecule has 0 bridgehead atoms. The van der Waals surface area contributed by atoms with Gasteiger partial charge in [0.2, 0.25) is 0 Å². The molecule has 1 heterocycles. The van der Waals surface area contributed by atoms with Gasteiger partial charge in [0.05, 0.1) is 0 Å². The number of hydrogen-bond acceptors (Lipinski definition) is 1. The number of nitrogens with zero attached hydrogens (tertiary/aromatic N) is 1. The SMILES string of the molecule is [c]1c[nH]c(CCCC2CCC2)n1. The molecule has 0 atom stereocenters. The van der Waals surface area contributed by atoms with Gasteiger partial charge in [0, 0.05) is 12.6 Å². The zero-order valence-corrected chi connectivity index (χ0v) is 7.34. The van der Waals surface area contributed by atoms with Crippen molar-refractivity contribution < 1.29 is 0 Å². The maximum absolute atomic E-state index is 4.08. The summed E-state index contributed by atoms with van der Waals surface area (Å²) < 4.78 is 0. The second-order valence-electron chi connectivity index (χ2n) is 3.67. The van der Waals surface area contributed by atoms with Crippen molar-refractivity contribution in [2.24, 2.45) is 5.92 Å². The minimum absolute atomic E-state index is 1.03. The molecule has 12 heavy (non-hydrogen) atoms. The molecule has 2 nitrogen and oxygen atoms in total. The molecule has 65 valence electrons. The number of aromatic amines is 1. The summed E-state index contributed by atoms with van der Waals surface area (Å²) in [6.07, 6.45) is 12.7. The molecule has 1 N–H and O–H groups in total. The van der Waals surface area contributed by atoms with Crippen LogP contribution in [0.3, 0.4) is 0 Å². The molecular formula is C10H15N2. The molecule has 1 aromatic heterocycles. The zero-order valence-electron chi connectivity index (χ0n) is 7.34. The summed E-state index contributed by atoms with van der Waals surface area (Å²) in [7, 11) is 0. The maximum atomic E-state index is 4.08. The van der Waals surface area contributed by atoms with Crippen LogP contribution in [0.1, 0.15) is 37.9 Å². The molecule has 2 rings (SSSR count). The van der Waals surface area contributed by atoms with E-state index in [2.05, 4.69) is 16.2 Å². The van der Waals surface area contributed by atoms with E-state index >= 15 is 0 Å². The first-order valence-corrected chi connectivity index (χ1v) is 4.85. The van der Waals surface area contributed by atoms with Crippen LogP contribution >= 0.6 is 0 Å². The molecule has 1 radical (unpaired) electrons. The molecule has 1 aliphatic rings. The smallest absolute Gasteiger partial charge is 0.108 e. The van der Waals surface area contributed by atoms with Crippen LogP contribution in [0.25, 0.3) is 0 Å². The van der Waals surface area contributed by atoms with Crippen molar-refractivity contribution in [1.82, 2.24) is 9.97 Å². The first-order valence-electron chi connectivity index (χ1n) is 4.85. The van der Waals surface area contributed by atoms with Crippen LogP contribution in [0.2, 0.25) is 0 Å². The number of hydrogen-bond donors (Lipinski definition) is 1. The first-order chi connectivity index (χ1) is 5.95. The molecule has 0 spiro atoms.